The Balaban J connectivity index is 2.45. The Bertz CT molecular complexity index is 930. The molecule has 1 atom stereocenters. The summed E-state index contributed by atoms with van der Waals surface area (Å²) in [7, 11) is 0. The number of carbonyl (C=O) groups excluding carboxylic acids is 1. The summed E-state index contributed by atoms with van der Waals surface area (Å²) in [6.07, 6.45) is 2.40. The number of aliphatic carboxylic acids is 1. The van der Waals surface area contributed by atoms with Gasteiger partial charge in [0.25, 0.3) is 5.91 Å². The zero-order valence-electron chi connectivity index (χ0n) is 16.4. The first-order valence-corrected chi connectivity index (χ1v) is 10.4. The van der Waals surface area contributed by atoms with E-state index >= 15 is 0 Å². The molecule has 29 heavy (non-hydrogen) atoms. The van der Waals surface area contributed by atoms with Crippen molar-refractivity contribution < 1.29 is 14.7 Å². The fraction of sp³-hybridized carbons (Fsp3) is 0.286. The molecule has 152 valence electrons. The van der Waals surface area contributed by atoms with E-state index in [9.17, 15) is 14.7 Å². The van der Waals surface area contributed by atoms with Crippen molar-refractivity contribution in [1.29, 1.82) is 10.9 Å². The molecule has 0 spiro atoms. The molecule has 0 saturated carbocycles. The number of hydrogen-bond donors (Lipinski definition) is 4. The number of rotatable bonds is 9. The summed E-state index contributed by atoms with van der Waals surface area (Å²) in [5.74, 6) is -0.976. The summed E-state index contributed by atoms with van der Waals surface area (Å²) < 4.78 is 0. The van der Waals surface area contributed by atoms with Crippen LogP contribution in [0, 0.1) is 17.9 Å². The third kappa shape index (κ3) is 5.99. The second-order valence-corrected chi connectivity index (χ2v) is 7.56. The van der Waals surface area contributed by atoms with Gasteiger partial charge in [0.1, 0.15) is 11.9 Å². The van der Waals surface area contributed by atoms with Gasteiger partial charge in [0.2, 0.25) is 0 Å². The molecule has 2 aromatic carbocycles. The van der Waals surface area contributed by atoms with E-state index in [-0.39, 0.29) is 12.3 Å². The van der Waals surface area contributed by atoms with Crippen LogP contribution in [-0.2, 0) is 11.2 Å². The first-order chi connectivity index (χ1) is 13.9. The van der Waals surface area contributed by atoms with Gasteiger partial charge in [0.05, 0.1) is 0 Å². The van der Waals surface area contributed by atoms with Crippen LogP contribution in [0.3, 0.4) is 0 Å². The van der Waals surface area contributed by atoms with Crippen molar-refractivity contribution >= 4 is 29.5 Å². The maximum atomic E-state index is 12.9. The highest BCUT2D eigenvalue weighted by atomic mass is 32.2. The molecule has 0 aliphatic heterocycles. The molecule has 0 aromatic heterocycles. The van der Waals surface area contributed by atoms with Gasteiger partial charge in [-0.1, -0.05) is 30.3 Å². The van der Waals surface area contributed by atoms with Gasteiger partial charge in [-0.15, -0.1) is 5.11 Å². The predicted molar refractivity (Wildman–Crippen MR) is 115 cm³/mol. The number of aryl methyl sites for hydroxylation is 1. The molecule has 7 nitrogen and oxygen atoms in total. The molecule has 0 radical (unpaired) electrons. The van der Waals surface area contributed by atoms with Crippen molar-refractivity contribution in [2.75, 3.05) is 12.0 Å². The quantitative estimate of drug-likeness (QED) is 0.280. The first-order valence-electron chi connectivity index (χ1n) is 9.03. The highest BCUT2D eigenvalue weighted by Gasteiger charge is 2.22. The zero-order chi connectivity index (χ0) is 21.4. The summed E-state index contributed by atoms with van der Waals surface area (Å²) in [6, 6.07) is 11.8. The first kappa shape index (κ1) is 22.3. The second kappa shape index (κ2) is 10.5. The van der Waals surface area contributed by atoms with Gasteiger partial charge in [-0.05, 0) is 59.7 Å². The summed E-state index contributed by atoms with van der Waals surface area (Å²) in [6.45, 7) is 1.93. The van der Waals surface area contributed by atoms with Crippen LogP contribution in [-0.4, -0.2) is 40.9 Å². The van der Waals surface area contributed by atoms with Crippen LogP contribution in [0.2, 0.25) is 0 Å². The Morgan fingerprint density at radius 3 is 2.55 bits per heavy atom. The average molecular weight is 413 g/mol. The van der Waals surface area contributed by atoms with Gasteiger partial charge in [-0.3, -0.25) is 10.2 Å². The van der Waals surface area contributed by atoms with Crippen LogP contribution >= 0.6 is 11.8 Å². The van der Waals surface area contributed by atoms with Crippen molar-refractivity contribution in [3.8, 4) is 11.1 Å². The minimum atomic E-state index is -1.06. The normalized spacial score (nSPS) is 11.5. The predicted octanol–water partition coefficient (Wildman–Crippen LogP) is 4.15. The standard InChI is InChI=1S/C21H24N4O3S/c1-13-5-3-4-6-15(13)17-11-14(12-19(22)25-23)7-8-16(17)20(26)24-18(21(27)28)9-10-29-2/h3-8,11,18,22-23H,9-10,12H2,1-2H3,(H,24,26)(H,27,28). The van der Waals surface area contributed by atoms with Gasteiger partial charge in [-0.2, -0.15) is 11.8 Å². The molecule has 0 aliphatic rings. The van der Waals surface area contributed by atoms with Crippen LogP contribution in [0.1, 0.15) is 27.9 Å². The lowest BCUT2D eigenvalue weighted by atomic mass is 9.93. The molecular formula is C21H24N4O3S. The summed E-state index contributed by atoms with van der Waals surface area (Å²) in [4.78, 5) is 24.5. The topological polar surface area (TPSA) is 126 Å². The minimum absolute atomic E-state index is 0.0825. The van der Waals surface area contributed by atoms with E-state index < -0.39 is 17.9 Å². The number of carboxylic acids is 1. The Morgan fingerprint density at radius 1 is 1.21 bits per heavy atom. The van der Waals surface area contributed by atoms with E-state index in [4.69, 9.17) is 10.9 Å². The molecule has 1 unspecified atom stereocenters. The number of nitrogens with zero attached hydrogens (tertiary/aromatic N) is 1. The van der Waals surface area contributed by atoms with Gasteiger partial charge in [0.15, 0.2) is 0 Å². The smallest absolute Gasteiger partial charge is 0.326 e. The molecule has 4 N–H and O–H groups in total. The summed E-state index contributed by atoms with van der Waals surface area (Å²) >= 11 is 1.52. The Kier molecular flexibility index (Phi) is 8.09. The van der Waals surface area contributed by atoms with Crippen molar-refractivity contribution in [1.82, 2.24) is 5.32 Å². The van der Waals surface area contributed by atoms with Crippen LogP contribution in [0.5, 0.6) is 0 Å². The number of carbonyl (C=O) groups is 2. The molecule has 0 fully saturated rings. The van der Waals surface area contributed by atoms with E-state index in [1.807, 2.05) is 37.4 Å². The number of nitrogens with one attached hydrogen (secondary N) is 3. The lowest BCUT2D eigenvalue weighted by Gasteiger charge is -2.17. The van der Waals surface area contributed by atoms with Crippen molar-refractivity contribution in [2.24, 2.45) is 5.11 Å². The molecule has 8 heteroatoms. The fourth-order valence-electron chi connectivity index (χ4n) is 2.96. The number of amides is 1. The molecule has 0 bridgehead atoms. The largest absolute Gasteiger partial charge is 0.480 e. The van der Waals surface area contributed by atoms with E-state index in [0.29, 0.717) is 23.3 Å². The molecule has 1 amide bonds. The van der Waals surface area contributed by atoms with Crippen molar-refractivity contribution in [3.63, 3.8) is 0 Å². The van der Waals surface area contributed by atoms with Crippen LogP contribution < -0.4 is 5.32 Å². The molecule has 2 aromatic rings. The molecule has 2 rings (SSSR count). The number of benzene rings is 2. The van der Waals surface area contributed by atoms with Gasteiger partial charge in [-0.25, -0.2) is 10.3 Å². The van der Waals surface area contributed by atoms with E-state index in [1.54, 1.807) is 18.2 Å². The van der Waals surface area contributed by atoms with Gasteiger partial charge in [0, 0.05) is 12.0 Å². The molecule has 0 aliphatic carbocycles. The van der Waals surface area contributed by atoms with E-state index in [0.717, 1.165) is 16.7 Å². The lowest BCUT2D eigenvalue weighted by molar-refractivity contribution is -0.139. The summed E-state index contributed by atoms with van der Waals surface area (Å²) in [5.41, 5.74) is 10.6. The molecule has 0 saturated heterocycles. The number of hydrogen-bond acceptors (Lipinski definition) is 5. The molecule has 0 heterocycles. The second-order valence-electron chi connectivity index (χ2n) is 6.58. The monoisotopic (exact) mass is 412 g/mol. The average Bonchev–Trinajstić information content (AvgIpc) is 2.70. The maximum Gasteiger partial charge on any atom is 0.326 e. The van der Waals surface area contributed by atoms with Crippen LogP contribution in [0.25, 0.3) is 11.1 Å². The SMILES string of the molecule is CSCCC(NC(=O)c1ccc(CC(=N)N=N)cc1-c1ccccc1C)C(=O)O. The number of carboxylic acid groups (broad SMARTS) is 1. The Hall–Kier alpha value is -3.00. The molecular weight excluding hydrogens is 388 g/mol. The Morgan fingerprint density at radius 2 is 1.93 bits per heavy atom. The number of amidine groups is 1. The highest BCUT2D eigenvalue weighted by molar-refractivity contribution is 7.98. The van der Waals surface area contributed by atoms with Crippen LogP contribution in [0.15, 0.2) is 47.6 Å². The zero-order valence-corrected chi connectivity index (χ0v) is 17.2. The van der Waals surface area contributed by atoms with Crippen molar-refractivity contribution in [3.05, 3.63) is 59.2 Å². The van der Waals surface area contributed by atoms with Crippen molar-refractivity contribution in [2.45, 2.75) is 25.8 Å². The summed E-state index contributed by atoms with van der Waals surface area (Å²) in [5, 5.41) is 22.8. The minimum Gasteiger partial charge on any atom is -0.480 e. The van der Waals surface area contributed by atoms with E-state index in [2.05, 4.69) is 10.4 Å². The lowest BCUT2D eigenvalue weighted by Crippen LogP contribution is -2.41. The number of thioether (sulfide) groups is 1. The highest BCUT2D eigenvalue weighted by Crippen LogP contribution is 2.28. The van der Waals surface area contributed by atoms with Gasteiger partial charge < -0.3 is 10.4 Å². The van der Waals surface area contributed by atoms with Crippen LogP contribution in [0.4, 0.5) is 0 Å². The van der Waals surface area contributed by atoms with E-state index in [1.165, 1.54) is 11.8 Å². The third-order valence-electron chi connectivity index (χ3n) is 4.48. The maximum absolute atomic E-state index is 12.9. The third-order valence-corrected chi connectivity index (χ3v) is 5.13. The fourth-order valence-corrected chi connectivity index (χ4v) is 3.43. The van der Waals surface area contributed by atoms with Gasteiger partial charge >= 0.3 is 5.97 Å². The Labute approximate surface area is 173 Å².